The molecule has 1 aromatic carbocycles. The van der Waals surface area contributed by atoms with Gasteiger partial charge in [0.05, 0.1) is 11.6 Å². The first-order valence-electron chi connectivity index (χ1n) is 8.41. The molecule has 0 saturated carbocycles. The van der Waals surface area contributed by atoms with Crippen molar-refractivity contribution >= 4 is 0 Å². The lowest BCUT2D eigenvalue weighted by Gasteiger charge is -2.34. The molecule has 5 heteroatoms. The molecule has 0 aliphatic carbocycles. The van der Waals surface area contributed by atoms with Gasteiger partial charge in [-0.05, 0) is 49.2 Å². The lowest BCUT2D eigenvalue weighted by molar-refractivity contribution is 0.135. The summed E-state index contributed by atoms with van der Waals surface area (Å²) in [7, 11) is 0. The van der Waals surface area contributed by atoms with Crippen LogP contribution in [-0.4, -0.2) is 31.7 Å². The summed E-state index contributed by atoms with van der Waals surface area (Å²) in [5.74, 6) is 1.37. The Morgan fingerprint density at radius 3 is 2.30 bits per heavy atom. The van der Waals surface area contributed by atoms with Crippen LogP contribution in [0.4, 0.5) is 0 Å². The second-order valence-electron chi connectivity index (χ2n) is 7.36. The fourth-order valence-corrected chi connectivity index (χ4v) is 2.96. The van der Waals surface area contributed by atoms with Gasteiger partial charge in [0.2, 0.25) is 0 Å². The monoisotopic (exact) mass is 315 g/mol. The van der Waals surface area contributed by atoms with Crippen molar-refractivity contribution in [2.24, 2.45) is 5.92 Å². The maximum absolute atomic E-state index is 4.37. The van der Waals surface area contributed by atoms with E-state index in [0.717, 1.165) is 18.9 Å². The van der Waals surface area contributed by atoms with Crippen LogP contribution in [0.2, 0.25) is 0 Å². The number of hydrogen-bond donors (Lipinski definition) is 0. The Balaban J connectivity index is 2.35. The molecular weight excluding hydrogens is 286 g/mol. The van der Waals surface area contributed by atoms with Crippen LogP contribution in [-0.2, 0) is 12.1 Å². The normalized spacial score (nSPS) is 13.7. The van der Waals surface area contributed by atoms with Crippen LogP contribution in [0.15, 0.2) is 30.3 Å². The zero-order chi connectivity index (χ0) is 17.0. The van der Waals surface area contributed by atoms with Crippen molar-refractivity contribution in [1.29, 1.82) is 0 Å². The molecule has 2 rings (SSSR count). The molecule has 23 heavy (non-hydrogen) atoms. The molecule has 1 aromatic heterocycles. The van der Waals surface area contributed by atoms with Crippen molar-refractivity contribution in [3.63, 3.8) is 0 Å². The molecule has 0 amide bonds. The van der Waals surface area contributed by atoms with Crippen molar-refractivity contribution in [3.05, 3.63) is 41.7 Å². The minimum atomic E-state index is -0.127. The zero-order valence-electron chi connectivity index (χ0n) is 15.2. The van der Waals surface area contributed by atoms with Gasteiger partial charge in [-0.15, -0.1) is 5.10 Å². The van der Waals surface area contributed by atoms with E-state index in [2.05, 4.69) is 92.3 Å². The first kappa shape index (κ1) is 17.6. The first-order chi connectivity index (χ1) is 10.8. The summed E-state index contributed by atoms with van der Waals surface area (Å²) in [5, 5.41) is 12.6. The Kier molecular flexibility index (Phi) is 5.52. The number of tetrazole rings is 1. The summed E-state index contributed by atoms with van der Waals surface area (Å²) in [6.07, 6.45) is 0. The number of benzene rings is 1. The Morgan fingerprint density at radius 1 is 1.13 bits per heavy atom. The van der Waals surface area contributed by atoms with Gasteiger partial charge in [0.25, 0.3) is 0 Å². The largest absolute Gasteiger partial charge is 0.289 e. The number of nitrogens with zero attached hydrogens (tertiary/aromatic N) is 5. The average molecular weight is 315 g/mol. The van der Waals surface area contributed by atoms with E-state index in [1.54, 1.807) is 0 Å². The highest BCUT2D eigenvalue weighted by Gasteiger charge is 2.31. The molecule has 0 aliphatic heterocycles. The third-order valence-electron chi connectivity index (χ3n) is 4.05. The van der Waals surface area contributed by atoms with E-state index in [-0.39, 0.29) is 11.6 Å². The topological polar surface area (TPSA) is 46.8 Å². The first-order valence-corrected chi connectivity index (χ1v) is 8.41. The predicted molar refractivity (Wildman–Crippen MR) is 92.9 cm³/mol. The molecule has 0 spiro atoms. The van der Waals surface area contributed by atoms with Crippen molar-refractivity contribution in [2.75, 3.05) is 6.54 Å². The van der Waals surface area contributed by atoms with E-state index in [1.165, 1.54) is 5.56 Å². The quantitative estimate of drug-likeness (QED) is 0.816. The standard InChI is InChI=1S/C18H29N5/c1-7-22(13-15-11-9-8-10-12-15)16(14(2)3)17-19-20-21-23(17)18(4,5)6/h8-12,14,16H,7,13H2,1-6H3/t16-/m1/s1. The van der Waals surface area contributed by atoms with Crippen molar-refractivity contribution in [3.8, 4) is 0 Å². The summed E-state index contributed by atoms with van der Waals surface area (Å²) in [5.41, 5.74) is 1.19. The van der Waals surface area contributed by atoms with E-state index in [1.807, 2.05) is 4.68 Å². The maximum Gasteiger partial charge on any atom is 0.169 e. The highest BCUT2D eigenvalue weighted by molar-refractivity contribution is 5.15. The van der Waals surface area contributed by atoms with Gasteiger partial charge in [-0.3, -0.25) is 4.90 Å². The minimum absolute atomic E-state index is 0.127. The van der Waals surface area contributed by atoms with Gasteiger partial charge in [-0.2, -0.15) is 0 Å². The lowest BCUT2D eigenvalue weighted by atomic mass is 9.99. The smallest absolute Gasteiger partial charge is 0.169 e. The fraction of sp³-hybridized carbons (Fsp3) is 0.611. The Hall–Kier alpha value is -1.75. The van der Waals surface area contributed by atoms with Gasteiger partial charge in [-0.1, -0.05) is 51.1 Å². The van der Waals surface area contributed by atoms with Gasteiger partial charge in [0, 0.05) is 6.54 Å². The molecule has 0 aliphatic rings. The molecule has 0 N–H and O–H groups in total. The van der Waals surface area contributed by atoms with Crippen LogP contribution in [0.25, 0.3) is 0 Å². The molecule has 126 valence electrons. The zero-order valence-corrected chi connectivity index (χ0v) is 15.2. The Morgan fingerprint density at radius 2 is 1.78 bits per heavy atom. The van der Waals surface area contributed by atoms with E-state index in [9.17, 15) is 0 Å². The van der Waals surface area contributed by atoms with Gasteiger partial charge in [0.15, 0.2) is 5.82 Å². The number of hydrogen-bond acceptors (Lipinski definition) is 4. The molecule has 2 aromatic rings. The molecule has 5 nitrogen and oxygen atoms in total. The minimum Gasteiger partial charge on any atom is -0.289 e. The van der Waals surface area contributed by atoms with Crippen LogP contribution < -0.4 is 0 Å². The number of aromatic nitrogens is 4. The highest BCUT2D eigenvalue weighted by Crippen LogP contribution is 2.30. The molecule has 1 heterocycles. The van der Waals surface area contributed by atoms with E-state index < -0.39 is 0 Å². The van der Waals surface area contributed by atoms with Crippen LogP contribution in [0.5, 0.6) is 0 Å². The Bertz CT molecular complexity index is 597. The van der Waals surface area contributed by atoms with E-state index >= 15 is 0 Å². The third kappa shape index (κ3) is 4.16. The number of rotatable bonds is 6. The van der Waals surface area contributed by atoms with Gasteiger partial charge >= 0.3 is 0 Å². The average Bonchev–Trinajstić information content (AvgIpc) is 2.96. The van der Waals surface area contributed by atoms with Crippen molar-refractivity contribution in [2.45, 2.75) is 59.7 Å². The third-order valence-corrected chi connectivity index (χ3v) is 4.05. The summed E-state index contributed by atoms with van der Waals surface area (Å²) < 4.78 is 1.96. The molecule has 0 radical (unpaired) electrons. The molecule has 0 unspecified atom stereocenters. The SMILES string of the molecule is CCN(Cc1ccccc1)[C@@H](c1nnnn1C(C)(C)C)C(C)C. The van der Waals surface area contributed by atoms with E-state index in [4.69, 9.17) is 0 Å². The van der Waals surface area contributed by atoms with E-state index in [0.29, 0.717) is 5.92 Å². The highest BCUT2D eigenvalue weighted by atomic mass is 15.6. The molecular formula is C18H29N5. The molecule has 0 bridgehead atoms. The lowest BCUT2D eigenvalue weighted by Crippen LogP contribution is -2.36. The predicted octanol–water partition coefficient (Wildman–Crippen LogP) is 3.65. The van der Waals surface area contributed by atoms with Crippen LogP contribution in [0, 0.1) is 5.92 Å². The van der Waals surface area contributed by atoms with Crippen LogP contribution in [0.3, 0.4) is 0 Å². The van der Waals surface area contributed by atoms with Gasteiger partial charge in [0.1, 0.15) is 0 Å². The van der Waals surface area contributed by atoms with Crippen LogP contribution >= 0.6 is 0 Å². The molecule has 0 saturated heterocycles. The summed E-state index contributed by atoms with van der Waals surface area (Å²) in [4.78, 5) is 2.45. The molecule has 0 fully saturated rings. The van der Waals surface area contributed by atoms with Crippen LogP contribution in [0.1, 0.15) is 59.0 Å². The van der Waals surface area contributed by atoms with Crippen molar-refractivity contribution < 1.29 is 0 Å². The maximum atomic E-state index is 4.37. The second kappa shape index (κ2) is 7.21. The second-order valence-corrected chi connectivity index (χ2v) is 7.36. The summed E-state index contributed by atoms with van der Waals surface area (Å²) in [6, 6.07) is 10.8. The van der Waals surface area contributed by atoms with Gasteiger partial charge in [-0.25, -0.2) is 4.68 Å². The van der Waals surface area contributed by atoms with Gasteiger partial charge < -0.3 is 0 Å². The summed E-state index contributed by atoms with van der Waals surface area (Å²) in [6.45, 7) is 14.9. The summed E-state index contributed by atoms with van der Waals surface area (Å²) >= 11 is 0. The van der Waals surface area contributed by atoms with Crippen molar-refractivity contribution in [1.82, 2.24) is 25.1 Å². The molecule has 1 atom stereocenters. The fourth-order valence-electron chi connectivity index (χ4n) is 2.96. The Labute approximate surface area is 139 Å².